The van der Waals surface area contributed by atoms with E-state index >= 15 is 0 Å². The molecule has 0 amide bonds. The number of hydrogen-bond donors (Lipinski definition) is 2. The lowest BCUT2D eigenvalue weighted by atomic mass is 9.71. The number of fused-ring (bicyclic) bond motifs is 1. The molecule has 0 radical (unpaired) electrons. The van der Waals surface area contributed by atoms with Crippen LogP contribution in [-0.2, 0) is 0 Å². The fourth-order valence-electron chi connectivity index (χ4n) is 4.03. The van der Waals surface area contributed by atoms with Crippen LogP contribution in [0.5, 0.6) is 0 Å². The number of hydrogen-bond acceptors (Lipinski definition) is 5. The molecule has 3 aromatic heterocycles. The number of aromatic nitrogens is 6. The minimum atomic E-state index is -1.09. The van der Waals surface area contributed by atoms with Crippen LogP contribution in [0, 0.1) is 11.3 Å². The lowest BCUT2D eigenvalue weighted by Gasteiger charge is -2.37. The normalized spacial score (nSPS) is 17.8. The van der Waals surface area contributed by atoms with Gasteiger partial charge in [-0.3, -0.25) is 14.5 Å². The Hall–Kier alpha value is -2.62. The van der Waals surface area contributed by atoms with Crippen LogP contribution < -0.4 is 5.56 Å². The summed E-state index contributed by atoms with van der Waals surface area (Å²) in [5.74, 6) is -0.456. The van der Waals surface area contributed by atoms with E-state index in [1.807, 2.05) is 0 Å². The summed E-state index contributed by atoms with van der Waals surface area (Å²) in [6.07, 6.45) is 8.68. The van der Waals surface area contributed by atoms with E-state index in [0.717, 1.165) is 12.8 Å². The number of carbonyl (C=O) groups is 1. The highest BCUT2D eigenvalue weighted by Crippen LogP contribution is 2.42. The maximum atomic E-state index is 12.8. The van der Waals surface area contributed by atoms with Crippen molar-refractivity contribution in [3.63, 3.8) is 0 Å². The lowest BCUT2D eigenvalue weighted by molar-refractivity contribution is 0.0697. The molecule has 1 aliphatic carbocycles. The Morgan fingerprint density at radius 1 is 1.28 bits per heavy atom. The molecule has 1 saturated carbocycles. The largest absolute Gasteiger partial charge is 0.478 e. The van der Waals surface area contributed by atoms with Crippen LogP contribution >= 0.6 is 13.5 Å². The molecule has 29 heavy (non-hydrogen) atoms. The molecule has 156 valence electrons. The minimum Gasteiger partial charge on any atom is -0.478 e. The van der Waals surface area contributed by atoms with Crippen molar-refractivity contribution in [1.29, 1.82) is 0 Å². The molecule has 10 heteroatoms. The average molecular weight is 419 g/mol. The monoisotopic (exact) mass is 418 g/mol. The topological polar surface area (TPSA) is 119 Å². The van der Waals surface area contributed by atoms with Crippen LogP contribution in [0.15, 0.2) is 23.4 Å². The van der Waals surface area contributed by atoms with Gasteiger partial charge in [0.05, 0.1) is 24.0 Å². The number of aromatic carboxylic acids is 1. The van der Waals surface area contributed by atoms with Crippen molar-refractivity contribution in [2.24, 2.45) is 11.3 Å². The molecule has 0 aliphatic heterocycles. The lowest BCUT2D eigenvalue weighted by Crippen LogP contribution is -2.28. The molecule has 3 aromatic rings. The van der Waals surface area contributed by atoms with Gasteiger partial charge in [-0.1, -0.05) is 13.8 Å². The summed E-state index contributed by atoms with van der Waals surface area (Å²) in [5.41, 5.74) is 0.996. The molecular weight excluding hydrogens is 392 g/mol. The molecular formula is C19H26N6O3S. The first-order valence-corrected chi connectivity index (χ1v) is 9.51. The van der Waals surface area contributed by atoms with Gasteiger partial charge in [0.25, 0.3) is 5.56 Å². The fourth-order valence-corrected chi connectivity index (χ4v) is 4.03. The van der Waals surface area contributed by atoms with Crippen molar-refractivity contribution < 1.29 is 9.90 Å². The van der Waals surface area contributed by atoms with Gasteiger partial charge in [-0.25, -0.2) is 14.5 Å². The van der Waals surface area contributed by atoms with E-state index in [2.05, 4.69) is 40.9 Å². The predicted octanol–water partition coefficient (Wildman–Crippen LogP) is 2.89. The summed E-state index contributed by atoms with van der Waals surface area (Å²) in [4.78, 5) is 30.9. The summed E-state index contributed by atoms with van der Waals surface area (Å²) in [6.45, 7) is 6.71. The van der Waals surface area contributed by atoms with Crippen LogP contribution in [0.3, 0.4) is 0 Å². The second-order valence-corrected chi connectivity index (χ2v) is 8.43. The van der Waals surface area contributed by atoms with Crippen molar-refractivity contribution in [2.75, 3.05) is 0 Å². The predicted molar refractivity (Wildman–Crippen MR) is 113 cm³/mol. The average Bonchev–Trinajstić information content (AvgIpc) is 3.28. The first kappa shape index (κ1) is 21.1. The van der Waals surface area contributed by atoms with Gasteiger partial charge >= 0.3 is 5.97 Å². The maximum absolute atomic E-state index is 12.8. The fraction of sp³-hybridized carbons (Fsp3) is 0.526. The second-order valence-electron chi connectivity index (χ2n) is 8.43. The minimum absolute atomic E-state index is 0. The molecule has 0 spiro atoms. The van der Waals surface area contributed by atoms with Crippen LogP contribution in [0.4, 0.5) is 0 Å². The third-order valence-corrected chi connectivity index (χ3v) is 5.94. The van der Waals surface area contributed by atoms with Crippen LogP contribution in [-0.4, -0.2) is 40.6 Å². The van der Waals surface area contributed by atoms with Gasteiger partial charge in [0.15, 0.2) is 5.52 Å². The Kier molecular flexibility index (Phi) is 5.57. The van der Waals surface area contributed by atoms with E-state index in [0.29, 0.717) is 22.4 Å². The van der Waals surface area contributed by atoms with E-state index in [-0.39, 0.29) is 36.6 Å². The molecule has 3 heterocycles. The molecule has 2 N–H and O–H groups in total. The number of carboxylic acids is 1. The second kappa shape index (κ2) is 7.66. The van der Waals surface area contributed by atoms with E-state index in [1.165, 1.54) is 29.9 Å². The molecule has 0 saturated heterocycles. The van der Waals surface area contributed by atoms with Crippen LogP contribution in [0.1, 0.15) is 62.9 Å². The molecule has 0 unspecified atom stereocenters. The first-order valence-electron chi connectivity index (χ1n) is 9.51. The summed E-state index contributed by atoms with van der Waals surface area (Å²) in [5, 5.41) is 17.4. The Bertz CT molecular complexity index is 1090. The summed E-state index contributed by atoms with van der Waals surface area (Å²) in [6, 6.07) is 0.102. The van der Waals surface area contributed by atoms with Crippen molar-refractivity contribution in [1.82, 2.24) is 29.5 Å². The van der Waals surface area contributed by atoms with Crippen molar-refractivity contribution in [3.05, 3.63) is 34.5 Å². The molecule has 1 fully saturated rings. The van der Waals surface area contributed by atoms with Gasteiger partial charge in [0.1, 0.15) is 5.52 Å². The van der Waals surface area contributed by atoms with Gasteiger partial charge in [0.2, 0.25) is 5.95 Å². The van der Waals surface area contributed by atoms with Gasteiger partial charge in [-0.15, -0.1) is 0 Å². The van der Waals surface area contributed by atoms with E-state index in [4.69, 9.17) is 5.11 Å². The zero-order valence-corrected chi connectivity index (χ0v) is 17.7. The molecule has 4 rings (SSSR count). The number of H-pyrrole nitrogens is 1. The Morgan fingerprint density at radius 2 is 1.97 bits per heavy atom. The maximum Gasteiger partial charge on any atom is 0.338 e. The number of nitrogens with zero attached hydrogens (tertiary/aromatic N) is 5. The smallest absolute Gasteiger partial charge is 0.338 e. The molecule has 0 aromatic carbocycles. The quantitative estimate of drug-likeness (QED) is 0.672. The SMILES string of the molecule is C[C@@H](C1CCC(C)(C)CC1)n1ncc2nc(-n3cc(C(=O)O)cn3)[nH]c(=O)c21.S. The Labute approximate surface area is 174 Å². The number of rotatable bonds is 4. The number of carboxylic acid groups (broad SMARTS) is 1. The van der Waals surface area contributed by atoms with E-state index in [1.54, 1.807) is 10.9 Å². The zero-order chi connectivity index (χ0) is 20.1. The standard InChI is InChI=1S/C19H24N6O3.H2S/c1-11(12-4-6-19(2,3)7-5-12)25-15-14(9-21-25)22-18(23-16(15)26)24-10-13(8-20-24)17(27)28;/h8-12H,4-7H2,1-3H3,(H,27,28)(H,22,23,26);1H2/t11-;/m0./s1. The molecule has 1 atom stereocenters. The molecule has 1 aliphatic rings. The Morgan fingerprint density at radius 3 is 2.59 bits per heavy atom. The van der Waals surface area contributed by atoms with Gasteiger partial charge in [0, 0.05) is 6.20 Å². The first-order chi connectivity index (χ1) is 13.2. The highest BCUT2D eigenvalue weighted by molar-refractivity contribution is 7.59. The van der Waals surface area contributed by atoms with Crippen molar-refractivity contribution in [3.8, 4) is 5.95 Å². The zero-order valence-electron chi connectivity index (χ0n) is 16.7. The highest BCUT2D eigenvalue weighted by atomic mass is 32.1. The van der Waals surface area contributed by atoms with Gasteiger partial charge in [-0.05, 0) is 43.9 Å². The van der Waals surface area contributed by atoms with Crippen molar-refractivity contribution in [2.45, 2.75) is 52.5 Å². The van der Waals surface area contributed by atoms with Crippen molar-refractivity contribution >= 4 is 30.5 Å². The van der Waals surface area contributed by atoms with Gasteiger partial charge < -0.3 is 5.11 Å². The summed E-state index contributed by atoms with van der Waals surface area (Å²) >= 11 is 0. The van der Waals surface area contributed by atoms with Crippen LogP contribution in [0.25, 0.3) is 17.0 Å². The number of nitrogens with one attached hydrogen (secondary N) is 1. The van der Waals surface area contributed by atoms with E-state index < -0.39 is 5.97 Å². The molecule has 0 bridgehead atoms. The third-order valence-electron chi connectivity index (χ3n) is 5.94. The Balaban J connectivity index is 0.00000240. The van der Waals surface area contributed by atoms with Gasteiger partial charge in [-0.2, -0.15) is 23.7 Å². The number of aromatic amines is 1. The summed E-state index contributed by atoms with van der Waals surface area (Å²) in [7, 11) is 0. The summed E-state index contributed by atoms with van der Waals surface area (Å²) < 4.78 is 3.02. The molecule has 9 nitrogen and oxygen atoms in total. The van der Waals surface area contributed by atoms with Crippen LogP contribution in [0.2, 0.25) is 0 Å². The van der Waals surface area contributed by atoms with E-state index in [9.17, 15) is 9.59 Å². The third kappa shape index (κ3) is 3.93. The highest BCUT2D eigenvalue weighted by Gasteiger charge is 2.31.